The van der Waals surface area contributed by atoms with Crippen molar-refractivity contribution in [2.24, 2.45) is 0 Å². The first kappa shape index (κ1) is 11.1. The first-order valence-corrected chi connectivity index (χ1v) is 7.66. The first-order chi connectivity index (χ1) is 8.34. The molecule has 0 spiro atoms. The van der Waals surface area contributed by atoms with E-state index in [0.29, 0.717) is 11.7 Å². The molecular formula is C11H13N3OS2. The Morgan fingerprint density at radius 1 is 1.59 bits per heavy atom. The van der Waals surface area contributed by atoms with E-state index in [9.17, 15) is 4.79 Å². The van der Waals surface area contributed by atoms with E-state index in [1.54, 1.807) is 23.9 Å². The van der Waals surface area contributed by atoms with Crippen molar-refractivity contribution in [1.82, 2.24) is 14.7 Å². The molecule has 90 valence electrons. The summed E-state index contributed by atoms with van der Waals surface area (Å²) in [5, 5.41) is 4.99. The monoisotopic (exact) mass is 267 g/mol. The number of amides is 1. The van der Waals surface area contributed by atoms with Gasteiger partial charge in [0.05, 0.1) is 6.20 Å². The van der Waals surface area contributed by atoms with Gasteiger partial charge in [0.15, 0.2) is 0 Å². The van der Waals surface area contributed by atoms with E-state index in [1.165, 1.54) is 12.2 Å². The summed E-state index contributed by atoms with van der Waals surface area (Å²) in [5.74, 6) is 2.27. The number of hydrogen-bond donors (Lipinski definition) is 1. The molecule has 1 aliphatic heterocycles. The normalized spacial score (nSPS) is 20.6. The minimum atomic E-state index is 0.0155. The number of hydrogen-bond acceptors (Lipinski definition) is 4. The second-order valence-corrected chi connectivity index (χ2v) is 6.15. The highest BCUT2D eigenvalue weighted by molar-refractivity contribution is 7.99. The fraction of sp³-hybridized carbons (Fsp3) is 0.455. The third-order valence-electron chi connectivity index (χ3n) is 2.88. The molecule has 0 aromatic carbocycles. The van der Waals surface area contributed by atoms with Crippen LogP contribution in [0, 0.1) is 0 Å². The van der Waals surface area contributed by atoms with Crippen molar-refractivity contribution >= 4 is 33.8 Å². The quantitative estimate of drug-likeness (QED) is 0.905. The van der Waals surface area contributed by atoms with E-state index in [2.05, 4.69) is 10.3 Å². The van der Waals surface area contributed by atoms with Gasteiger partial charge in [-0.2, -0.15) is 11.8 Å². The number of fused-ring (bicyclic) bond motifs is 1. The average Bonchev–Trinajstić information content (AvgIpc) is 2.91. The molecule has 1 N–H and O–H groups in total. The number of carbonyl (C=O) groups excluding carboxylic acids is 1. The molecule has 3 heterocycles. The first-order valence-electron chi connectivity index (χ1n) is 5.63. The van der Waals surface area contributed by atoms with Crippen LogP contribution < -0.4 is 5.32 Å². The highest BCUT2D eigenvalue weighted by atomic mass is 32.2. The van der Waals surface area contributed by atoms with E-state index in [-0.39, 0.29) is 5.91 Å². The largest absolute Gasteiger partial charge is 0.347 e. The van der Waals surface area contributed by atoms with Gasteiger partial charge in [-0.1, -0.05) is 0 Å². The Bertz CT molecular complexity index is 528. The Morgan fingerprint density at radius 2 is 2.53 bits per heavy atom. The Labute approximate surface area is 107 Å². The lowest BCUT2D eigenvalue weighted by molar-refractivity contribution is 0.0933. The highest BCUT2D eigenvalue weighted by Crippen LogP contribution is 2.19. The van der Waals surface area contributed by atoms with Crippen LogP contribution in [0.5, 0.6) is 0 Å². The average molecular weight is 267 g/mol. The van der Waals surface area contributed by atoms with Crippen molar-refractivity contribution < 1.29 is 4.79 Å². The number of rotatable bonds is 2. The zero-order chi connectivity index (χ0) is 11.7. The molecule has 1 unspecified atom stereocenters. The number of imidazole rings is 1. The van der Waals surface area contributed by atoms with E-state index in [1.807, 2.05) is 21.5 Å². The Balaban J connectivity index is 1.75. The molecule has 1 atom stereocenters. The standard InChI is InChI=1S/C11H13N3OS2/c15-11(13-8-2-1-3-16-5-8)9-6-17-10-4-12-7-14(9)10/h4,6-8H,1-3,5H2,(H,13,15). The van der Waals surface area contributed by atoms with Gasteiger partial charge in [0.1, 0.15) is 16.9 Å². The number of nitrogens with zero attached hydrogens (tertiary/aromatic N) is 2. The van der Waals surface area contributed by atoms with Gasteiger partial charge in [0, 0.05) is 17.2 Å². The number of thiazole rings is 1. The van der Waals surface area contributed by atoms with Gasteiger partial charge in [-0.05, 0) is 18.6 Å². The van der Waals surface area contributed by atoms with Gasteiger partial charge in [0.2, 0.25) is 0 Å². The van der Waals surface area contributed by atoms with Crippen LogP contribution in [0.15, 0.2) is 17.9 Å². The summed E-state index contributed by atoms with van der Waals surface area (Å²) in [6.45, 7) is 0. The summed E-state index contributed by atoms with van der Waals surface area (Å²) in [5.41, 5.74) is 0.693. The lowest BCUT2D eigenvalue weighted by Gasteiger charge is -2.22. The van der Waals surface area contributed by atoms with Crippen LogP contribution in [0.1, 0.15) is 23.3 Å². The summed E-state index contributed by atoms with van der Waals surface area (Å²) in [4.78, 5) is 17.2. The summed E-state index contributed by atoms with van der Waals surface area (Å²) >= 11 is 3.46. The van der Waals surface area contributed by atoms with Crippen molar-refractivity contribution in [3.63, 3.8) is 0 Å². The molecule has 1 amide bonds. The van der Waals surface area contributed by atoms with Gasteiger partial charge in [-0.3, -0.25) is 9.20 Å². The van der Waals surface area contributed by atoms with E-state index >= 15 is 0 Å². The SMILES string of the molecule is O=C(NC1CCCSC1)c1csc2cncn12. The molecule has 2 aromatic heterocycles. The van der Waals surface area contributed by atoms with Crippen molar-refractivity contribution in [3.8, 4) is 0 Å². The van der Waals surface area contributed by atoms with Gasteiger partial charge < -0.3 is 5.32 Å². The smallest absolute Gasteiger partial charge is 0.269 e. The molecule has 6 heteroatoms. The van der Waals surface area contributed by atoms with Crippen LogP contribution in [-0.2, 0) is 0 Å². The predicted octanol–water partition coefficient (Wildman–Crippen LogP) is 2.02. The van der Waals surface area contributed by atoms with Gasteiger partial charge in [0.25, 0.3) is 5.91 Å². The third-order valence-corrected chi connectivity index (χ3v) is 4.98. The van der Waals surface area contributed by atoms with Crippen molar-refractivity contribution in [1.29, 1.82) is 0 Å². The Hall–Kier alpha value is -1.01. The van der Waals surface area contributed by atoms with E-state index in [0.717, 1.165) is 17.0 Å². The van der Waals surface area contributed by atoms with E-state index in [4.69, 9.17) is 0 Å². The number of thioether (sulfide) groups is 1. The van der Waals surface area contributed by atoms with Crippen molar-refractivity contribution in [2.45, 2.75) is 18.9 Å². The zero-order valence-corrected chi connectivity index (χ0v) is 10.9. The van der Waals surface area contributed by atoms with Crippen LogP contribution >= 0.6 is 23.1 Å². The molecule has 0 bridgehead atoms. The van der Waals surface area contributed by atoms with Gasteiger partial charge in [-0.25, -0.2) is 4.98 Å². The zero-order valence-electron chi connectivity index (χ0n) is 9.26. The highest BCUT2D eigenvalue weighted by Gasteiger charge is 2.19. The molecule has 0 saturated carbocycles. The Kier molecular flexibility index (Phi) is 3.07. The second kappa shape index (κ2) is 4.70. The summed E-state index contributed by atoms with van der Waals surface area (Å²) < 4.78 is 1.84. The molecule has 1 aliphatic rings. The lowest BCUT2D eigenvalue weighted by Crippen LogP contribution is -2.38. The number of carbonyl (C=O) groups is 1. The van der Waals surface area contributed by atoms with Gasteiger partial charge >= 0.3 is 0 Å². The number of nitrogens with one attached hydrogen (secondary N) is 1. The maximum absolute atomic E-state index is 12.1. The van der Waals surface area contributed by atoms with Crippen LogP contribution in [0.3, 0.4) is 0 Å². The number of aromatic nitrogens is 2. The van der Waals surface area contributed by atoms with Crippen LogP contribution in [0.4, 0.5) is 0 Å². The summed E-state index contributed by atoms with van der Waals surface area (Å²) in [6, 6.07) is 0.319. The van der Waals surface area contributed by atoms with E-state index < -0.39 is 0 Å². The molecular weight excluding hydrogens is 254 g/mol. The predicted molar refractivity (Wildman–Crippen MR) is 70.9 cm³/mol. The fourth-order valence-corrected chi connectivity index (χ4v) is 3.91. The minimum absolute atomic E-state index is 0.0155. The molecule has 2 aromatic rings. The second-order valence-electron chi connectivity index (χ2n) is 4.11. The minimum Gasteiger partial charge on any atom is -0.347 e. The third kappa shape index (κ3) is 2.19. The molecule has 4 nitrogen and oxygen atoms in total. The molecule has 3 rings (SSSR count). The Morgan fingerprint density at radius 3 is 3.35 bits per heavy atom. The molecule has 0 radical (unpaired) electrons. The van der Waals surface area contributed by atoms with Crippen molar-refractivity contribution in [3.05, 3.63) is 23.6 Å². The maximum Gasteiger partial charge on any atom is 0.269 e. The summed E-state index contributed by atoms with van der Waals surface area (Å²) in [7, 11) is 0. The summed E-state index contributed by atoms with van der Waals surface area (Å²) in [6.07, 6.45) is 5.75. The van der Waals surface area contributed by atoms with Gasteiger partial charge in [-0.15, -0.1) is 11.3 Å². The molecule has 0 aliphatic carbocycles. The van der Waals surface area contributed by atoms with Crippen LogP contribution in [0.2, 0.25) is 0 Å². The van der Waals surface area contributed by atoms with Crippen molar-refractivity contribution in [2.75, 3.05) is 11.5 Å². The molecule has 1 saturated heterocycles. The molecule has 17 heavy (non-hydrogen) atoms. The maximum atomic E-state index is 12.1. The fourth-order valence-electron chi connectivity index (χ4n) is 2.00. The lowest BCUT2D eigenvalue weighted by atomic mass is 10.2. The molecule has 1 fully saturated rings. The van der Waals surface area contributed by atoms with Crippen LogP contribution in [-0.4, -0.2) is 32.8 Å². The van der Waals surface area contributed by atoms with Crippen LogP contribution in [0.25, 0.3) is 4.83 Å². The topological polar surface area (TPSA) is 46.4 Å².